The molecule has 34 heavy (non-hydrogen) atoms. The minimum Gasteiger partial charge on any atom is -0.256 e. The molecule has 1 fully saturated rings. The molecule has 3 rings (SSSR count). The molecule has 2 heteroatoms. The molecular weight excluding hydrogens is 412 g/mol. The Morgan fingerprint density at radius 1 is 0.941 bits per heavy atom. The van der Waals surface area contributed by atoms with E-state index in [2.05, 4.69) is 69.4 Å². The van der Waals surface area contributed by atoms with Crippen LogP contribution in [0.2, 0.25) is 0 Å². The topological polar surface area (TPSA) is 36.7 Å². The van der Waals surface area contributed by atoms with Gasteiger partial charge in [0.1, 0.15) is 0 Å². The van der Waals surface area contributed by atoms with Gasteiger partial charge in [-0.1, -0.05) is 96.0 Å². The maximum atomic E-state index is 9.87. The molecule has 1 aromatic heterocycles. The molecule has 1 heterocycles. The molecule has 2 aromatic rings. The monoisotopic (exact) mass is 458 g/mol. The van der Waals surface area contributed by atoms with E-state index in [0.29, 0.717) is 11.8 Å². The third-order valence-electron chi connectivity index (χ3n) is 8.19. The minimum atomic E-state index is -0.0907. The number of aryl methyl sites for hydroxylation is 1. The van der Waals surface area contributed by atoms with Gasteiger partial charge in [0.05, 0.1) is 17.2 Å². The van der Waals surface area contributed by atoms with Gasteiger partial charge in [0.2, 0.25) is 0 Å². The first-order valence-electron chi connectivity index (χ1n) is 14.1. The molecule has 184 valence electrons. The summed E-state index contributed by atoms with van der Waals surface area (Å²) in [6.45, 7) is 6.80. The second-order valence-electron chi connectivity index (χ2n) is 10.9. The van der Waals surface area contributed by atoms with Crippen molar-refractivity contribution in [3.8, 4) is 17.3 Å². The Balaban J connectivity index is 1.48. The van der Waals surface area contributed by atoms with Crippen LogP contribution < -0.4 is 0 Å². The van der Waals surface area contributed by atoms with Gasteiger partial charge >= 0.3 is 0 Å². The van der Waals surface area contributed by atoms with Gasteiger partial charge in [-0.05, 0) is 74.0 Å². The molecule has 0 amide bonds. The van der Waals surface area contributed by atoms with Crippen molar-refractivity contribution in [3.63, 3.8) is 0 Å². The minimum absolute atomic E-state index is 0.0907. The van der Waals surface area contributed by atoms with Gasteiger partial charge in [0, 0.05) is 11.8 Å². The summed E-state index contributed by atoms with van der Waals surface area (Å²) in [6.07, 6.45) is 19.3. The molecule has 1 saturated carbocycles. The maximum Gasteiger partial charge on any atom is 0.0702 e. The predicted octanol–water partition coefficient (Wildman–Crippen LogP) is 9.65. The van der Waals surface area contributed by atoms with E-state index in [0.717, 1.165) is 44.2 Å². The van der Waals surface area contributed by atoms with Crippen molar-refractivity contribution in [2.45, 2.75) is 117 Å². The van der Waals surface area contributed by atoms with Crippen molar-refractivity contribution in [3.05, 3.63) is 53.7 Å². The Morgan fingerprint density at radius 2 is 1.62 bits per heavy atom. The van der Waals surface area contributed by atoms with Gasteiger partial charge in [-0.25, -0.2) is 0 Å². The number of hydrogen-bond donors (Lipinski definition) is 0. The lowest BCUT2D eigenvalue weighted by molar-refractivity contribution is 0.198. The van der Waals surface area contributed by atoms with Crippen LogP contribution in [0.3, 0.4) is 0 Å². The van der Waals surface area contributed by atoms with Crippen LogP contribution in [-0.4, -0.2) is 4.98 Å². The van der Waals surface area contributed by atoms with E-state index < -0.39 is 0 Å². The SMILES string of the molecule is CCCCCCCCCc1ccc(-c2ccc([C@H]3CC[C@](C#N)(CC(C)CC)CC3)cc2)nc1. The van der Waals surface area contributed by atoms with E-state index in [4.69, 9.17) is 4.98 Å². The fraction of sp³-hybridized carbons (Fsp3) is 0.625. The third-order valence-corrected chi connectivity index (χ3v) is 8.19. The number of nitrogens with zero attached hydrogens (tertiary/aromatic N) is 2. The fourth-order valence-electron chi connectivity index (χ4n) is 5.63. The molecule has 1 aliphatic rings. The van der Waals surface area contributed by atoms with Crippen LogP contribution in [0.5, 0.6) is 0 Å². The molecule has 1 aliphatic carbocycles. The number of benzene rings is 1. The Bertz CT molecular complexity index is 867. The fourth-order valence-corrected chi connectivity index (χ4v) is 5.63. The zero-order valence-corrected chi connectivity index (χ0v) is 22.0. The molecule has 1 aromatic carbocycles. The summed E-state index contributed by atoms with van der Waals surface area (Å²) >= 11 is 0. The van der Waals surface area contributed by atoms with Gasteiger partial charge in [-0.3, -0.25) is 4.98 Å². The lowest BCUT2D eigenvalue weighted by Crippen LogP contribution is -2.27. The number of nitriles is 1. The lowest BCUT2D eigenvalue weighted by Gasteiger charge is -2.36. The molecule has 1 atom stereocenters. The normalized spacial score (nSPS) is 21.2. The summed E-state index contributed by atoms with van der Waals surface area (Å²) in [5.41, 5.74) is 4.96. The predicted molar refractivity (Wildman–Crippen MR) is 145 cm³/mol. The summed E-state index contributed by atoms with van der Waals surface area (Å²) < 4.78 is 0. The van der Waals surface area contributed by atoms with Crippen molar-refractivity contribution in [1.29, 1.82) is 5.26 Å². The van der Waals surface area contributed by atoms with Gasteiger partial charge in [0.15, 0.2) is 0 Å². The molecule has 0 saturated heterocycles. The molecule has 0 spiro atoms. The second kappa shape index (κ2) is 13.7. The zero-order valence-electron chi connectivity index (χ0n) is 22.0. The van der Waals surface area contributed by atoms with Crippen LogP contribution in [0, 0.1) is 22.7 Å². The van der Waals surface area contributed by atoms with Crippen molar-refractivity contribution in [2.75, 3.05) is 0 Å². The highest BCUT2D eigenvalue weighted by Gasteiger charge is 2.36. The Labute approximate surface area is 209 Å². The molecule has 2 nitrogen and oxygen atoms in total. The van der Waals surface area contributed by atoms with E-state index >= 15 is 0 Å². The molecule has 0 bridgehead atoms. The highest BCUT2D eigenvalue weighted by Crippen LogP contribution is 2.46. The standard InChI is InChI=1S/C32H46N2/c1-4-6-7-8-9-10-11-12-27-13-18-31(34-24-27)30-16-14-28(15-17-30)29-19-21-32(25-33,22-20-29)23-26(3)5-2/h13-18,24,26,29H,4-12,19-23H2,1-3H3/t26?,29-,32+. The zero-order chi connectivity index (χ0) is 24.2. The first-order valence-corrected chi connectivity index (χ1v) is 14.1. The van der Waals surface area contributed by atoms with Crippen LogP contribution in [0.4, 0.5) is 0 Å². The van der Waals surface area contributed by atoms with Crippen LogP contribution in [0.1, 0.15) is 121 Å². The Hall–Kier alpha value is -2.14. The van der Waals surface area contributed by atoms with E-state index in [-0.39, 0.29) is 5.41 Å². The molecule has 1 unspecified atom stereocenters. The van der Waals surface area contributed by atoms with E-state index in [1.54, 1.807) is 0 Å². The summed E-state index contributed by atoms with van der Waals surface area (Å²) in [6, 6.07) is 16.2. The third kappa shape index (κ3) is 7.69. The maximum absolute atomic E-state index is 9.87. The lowest BCUT2D eigenvalue weighted by atomic mass is 9.66. The highest BCUT2D eigenvalue weighted by molar-refractivity contribution is 5.59. The van der Waals surface area contributed by atoms with Crippen LogP contribution in [0.25, 0.3) is 11.3 Å². The number of unbranched alkanes of at least 4 members (excludes halogenated alkanes) is 6. The Morgan fingerprint density at radius 3 is 2.21 bits per heavy atom. The average Bonchev–Trinajstić information content (AvgIpc) is 2.89. The first-order chi connectivity index (χ1) is 16.6. The molecule has 0 N–H and O–H groups in total. The largest absolute Gasteiger partial charge is 0.256 e. The average molecular weight is 459 g/mol. The van der Waals surface area contributed by atoms with Crippen LogP contribution in [0.15, 0.2) is 42.6 Å². The second-order valence-corrected chi connectivity index (χ2v) is 10.9. The number of aromatic nitrogens is 1. The summed E-state index contributed by atoms with van der Waals surface area (Å²) in [5.74, 6) is 1.23. The van der Waals surface area contributed by atoms with Crippen molar-refractivity contribution < 1.29 is 0 Å². The number of pyridine rings is 1. The quantitative estimate of drug-likeness (QED) is 0.280. The highest BCUT2D eigenvalue weighted by atomic mass is 14.7. The first kappa shape index (κ1) is 26.5. The van der Waals surface area contributed by atoms with Crippen molar-refractivity contribution in [1.82, 2.24) is 4.98 Å². The van der Waals surface area contributed by atoms with Gasteiger partial charge in [-0.15, -0.1) is 0 Å². The van der Waals surface area contributed by atoms with Crippen LogP contribution >= 0.6 is 0 Å². The van der Waals surface area contributed by atoms with Gasteiger partial charge in [-0.2, -0.15) is 5.26 Å². The Kier molecular flexibility index (Phi) is 10.6. The van der Waals surface area contributed by atoms with Gasteiger partial charge < -0.3 is 0 Å². The van der Waals surface area contributed by atoms with E-state index in [1.807, 2.05) is 0 Å². The summed E-state index contributed by atoms with van der Waals surface area (Å²) in [7, 11) is 0. The van der Waals surface area contributed by atoms with E-state index in [1.165, 1.54) is 68.1 Å². The summed E-state index contributed by atoms with van der Waals surface area (Å²) in [5, 5.41) is 9.87. The smallest absolute Gasteiger partial charge is 0.0702 e. The molecule has 0 aliphatic heterocycles. The molecule has 0 radical (unpaired) electrons. The van der Waals surface area contributed by atoms with Crippen LogP contribution in [-0.2, 0) is 6.42 Å². The van der Waals surface area contributed by atoms with Crippen molar-refractivity contribution >= 4 is 0 Å². The van der Waals surface area contributed by atoms with E-state index in [9.17, 15) is 5.26 Å². The summed E-state index contributed by atoms with van der Waals surface area (Å²) in [4.78, 5) is 4.76. The van der Waals surface area contributed by atoms with Gasteiger partial charge in [0.25, 0.3) is 0 Å². The number of rotatable bonds is 13. The number of hydrogen-bond acceptors (Lipinski definition) is 2. The van der Waals surface area contributed by atoms with Crippen molar-refractivity contribution in [2.24, 2.45) is 11.3 Å². The molecular formula is C32H46N2.